The average Bonchev–Trinajstić information content (AvgIpc) is 3.04. The van der Waals surface area contributed by atoms with Crippen LogP contribution >= 0.6 is 0 Å². The first kappa shape index (κ1) is 14.8. The maximum absolute atomic E-state index is 12.4. The minimum atomic E-state index is -0.144. The highest BCUT2D eigenvalue weighted by molar-refractivity contribution is 5.77. The standard InChI is InChI=1S/C20H23NO/c22-19(14-13-17-9-3-1-4-10-17)21-20(15-7-8-16-20)18-11-5-2-6-12-18/h1-6,9-12H,7-8,13-16H2,(H,21,22). The van der Waals surface area contributed by atoms with E-state index in [2.05, 4.69) is 41.7 Å². The van der Waals surface area contributed by atoms with E-state index in [9.17, 15) is 4.79 Å². The molecule has 1 aliphatic rings. The molecule has 1 aliphatic carbocycles. The molecule has 2 aromatic carbocycles. The molecule has 0 bridgehead atoms. The summed E-state index contributed by atoms with van der Waals surface area (Å²) in [4.78, 5) is 12.4. The van der Waals surface area contributed by atoms with Crippen LogP contribution in [-0.4, -0.2) is 5.91 Å². The van der Waals surface area contributed by atoms with Crippen molar-refractivity contribution < 1.29 is 4.79 Å². The summed E-state index contributed by atoms with van der Waals surface area (Å²) in [6.45, 7) is 0. The number of carbonyl (C=O) groups excluding carboxylic acids is 1. The van der Waals surface area contributed by atoms with Gasteiger partial charge in [-0.05, 0) is 30.4 Å². The Bertz CT molecular complexity index is 600. The first-order valence-electron chi connectivity index (χ1n) is 8.19. The van der Waals surface area contributed by atoms with Crippen molar-refractivity contribution in [3.63, 3.8) is 0 Å². The summed E-state index contributed by atoms with van der Waals surface area (Å²) in [5, 5.41) is 3.34. The van der Waals surface area contributed by atoms with Crippen LogP contribution in [0.1, 0.15) is 43.2 Å². The van der Waals surface area contributed by atoms with Gasteiger partial charge in [-0.2, -0.15) is 0 Å². The number of aryl methyl sites for hydroxylation is 1. The van der Waals surface area contributed by atoms with Gasteiger partial charge >= 0.3 is 0 Å². The van der Waals surface area contributed by atoms with Gasteiger partial charge in [0.25, 0.3) is 0 Å². The minimum Gasteiger partial charge on any atom is -0.347 e. The first-order chi connectivity index (χ1) is 10.8. The Kier molecular flexibility index (Phi) is 4.57. The molecule has 0 spiro atoms. The van der Waals surface area contributed by atoms with Crippen molar-refractivity contribution in [2.24, 2.45) is 0 Å². The number of amides is 1. The zero-order chi connectivity index (χ0) is 15.3. The summed E-state index contributed by atoms with van der Waals surface area (Å²) < 4.78 is 0. The molecule has 0 radical (unpaired) electrons. The van der Waals surface area contributed by atoms with E-state index in [1.165, 1.54) is 24.0 Å². The maximum atomic E-state index is 12.4. The number of hydrogen-bond donors (Lipinski definition) is 1. The van der Waals surface area contributed by atoms with Crippen molar-refractivity contribution in [3.8, 4) is 0 Å². The molecule has 0 saturated heterocycles. The van der Waals surface area contributed by atoms with Gasteiger partial charge in [-0.15, -0.1) is 0 Å². The van der Waals surface area contributed by atoms with E-state index in [0.29, 0.717) is 6.42 Å². The van der Waals surface area contributed by atoms with Gasteiger partial charge < -0.3 is 5.32 Å². The molecule has 1 amide bonds. The monoisotopic (exact) mass is 293 g/mol. The van der Waals surface area contributed by atoms with E-state index in [-0.39, 0.29) is 11.4 Å². The van der Waals surface area contributed by atoms with Gasteiger partial charge in [0, 0.05) is 6.42 Å². The van der Waals surface area contributed by atoms with E-state index in [0.717, 1.165) is 19.3 Å². The fraction of sp³-hybridized carbons (Fsp3) is 0.350. The maximum Gasteiger partial charge on any atom is 0.221 e. The zero-order valence-corrected chi connectivity index (χ0v) is 12.9. The van der Waals surface area contributed by atoms with E-state index >= 15 is 0 Å². The number of nitrogens with one attached hydrogen (secondary N) is 1. The smallest absolute Gasteiger partial charge is 0.221 e. The summed E-state index contributed by atoms with van der Waals surface area (Å²) in [5.41, 5.74) is 2.33. The summed E-state index contributed by atoms with van der Waals surface area (Å²) in [6, 6.07) is 20.6. The van der Waals surface area contributed by atoms with Crippen LogP contribution in [0.2, 0.25) is 0 Å². The summed E-state index contributed by atoms with van der Waals surface area (Å²) >= 11 is 0. The van der Waals surface area contributed by atoms with Crippen LogP contribution < -0.4 is 5.32 Å². The predicted octanol–water partition coefficient (Wildman–Crippen LogP) is 4.20. The zero-order valence-electron chi connectivity index (χ0n) is 12.9. The Labute approximate surface area is 132 Å². The molecule has 1 fully saturated rings. The number of benzene rings is 2. The highest BCUT2D eigenvalue weighted by Gasteiger charge is 2.36. The van der Waals surface area contributed by atoms with Crippen molar-refractivity contribution in [1.82, 2.24) is 5.32 Å². The molecule has 0 aromatic heterocycles. The molecule has 0 aliphatic heterocycles. The lowest BCUT2D eigenvalue weighted by atomic mass is 9.88. The van der Waals surface area contributed by atoms with Gasteiger partial charge in [0.15, 0.2) is 0 Å². The Morgan fingerprint density at radius 2 is 1.50 bits per heavy atom. The number of rotatable bonds is 5. The summed E-state index contributed by atoms with van der Waals surface area (Å²) in [5.74, 6) is 0.162. The normalized spacial score (nSPS) is 16.4. The molecule has 0 atom stereocenters. The van der Waals surface area contributed by atoms with Crippen LogP contribution in [0.4, 0.5) is 0 Å². The van der Waals surface area contributed by atoms with Crippen molar-refractivity contribution in [2.75, 3.05) is 0 Å². The second-order valence-corrected chi connectivity index (χ2v) is 6.19. The van der Waals surface area contributed by atoms with E-state index in [1.807, 2.05) is 24.3 Å². The van der Waals surface area contributed by atoms with Crippen LogP contribution in [0.25, 0.3) is 0 Å². The second-order valence-electron chi connectivity index (χ2n) is 6.19. The van der Waals surface area contributed by atoms with Gasteiger partial charge in [-0.3, -0.25) is 4.79 Å². The molecule has 0 unspecified atom stereocenters. The molecule has 2 aromatic rings. The van der Waals surface area contributed by atoms with Crippen molar-refractivity contribution in [1.29, 1.82) is 0 Å². The van der Waals surface area contributed by atoms with Crippen LogP contribution in [0, 0.1) is 0 Å². The van der Waals surface area contributed by atoms with Gasteiger partial charge in [0.2, 0.25) is 5.91 Å². The number of hydrogen-bond acceptors (Lipinski definition) is 1. The van der Waals surface area contributed by atoms with Crippen LogP contribution in [0.15, 0.2) is 60.7 Å². The summed E-state index contributed by atoms with van der Waals surface area (Å²) in [7, 11) is 0. The molecule has 114 valence electrons. The first-order valence-corrected chi connectivity index (χ1v) is 8.19. The summed E-state index contributed by atoms with van der Waals surface area (Å²) in [6.07, 6.45) is 5.83. The third-order valence-electron chi connectivity index (χ3n) is 4.65. The Morgan fingerprint density at radius 3 is 2.14 bits per heavy atom. The van der Waals surface area contributed by atoms with Gasteiger partial charge in [-0.1, -0.05) is 73.5 Å². The lowest BCUT2D eigenvalue weighted by Gasteiger charge is -2.31. The molecule has 22 heavy (non-hydrogen) atoms. The van der Waals surface area contributed by atoms with Crippen LogP contribution in [0.3, 0.4) is 0 Å². The molecular weight excluding hydrogens is 270 g/mol. The highest BCUT2D eigenvalue weighted by Crippen LogP contribution is 2.38. The fourth-order valence-corrected chi connectivity index (χ4v) is 3.45. The van der Waals surface area contributed by atoms with Gasteiger partial charge in [-0.25, -0.2) is 0 Å². The Hall–Kier alpha value is -2.09. The third-order valence-corrected chi connectivity index (χ3v) is 4.65. The van der Waals surface area contributed by atoms with E-state index in [1.54, 1.807) is 0 Å². The lowest BCUT2D eigenvalue weighted by Crippen LogP contribution is -2.43. The lowest BCUT2D eigenvalue weighted by molar-refractivity contribution is -0.123. The predicted molar refractivity (Wildman–Crippen MR) is 89.5 cm³/mol. The molecule has 2 nitrogen and oxygen atoms in total. The van der Waals surface area contributed by atoms with Crippen molar-refractivity contribution >= 4 is 5.91 Å². The van der Waals surface area contributed by atoms with Crippen molar-refractivity contribution in [2.45, 2.75) is 44.1 Å². The Balaban J connectivity index is 1.65. The number of carbonyl (C=O) groups is 1. The second kappa shape index (κ2) is 6.78. The third kappa shape index (κ3) is 3.38. The Morgan fingerprint density at radius 1 is 0.909 bits per heavy atom. The van der Waals surface area contributed by atoms with E-state index in [4.69, 9.17) is 0 Å². The molecule has 1 saturated carbocycles. The van der Waals surface area contributed by atoms with Crippen LogP contribution in [-0.2, 0) is 16.8 Å². The van der Waals surface area contributed by atoms with Gasteiger partial charge in [0.05, 0.1) is 5.54 Å². The van der Waals surface area contributed by atoms with E-state index < -0.39 is 0 Å². The topological polar surface area (TPSA) is 29.1 Å². The van der Waals surface area contributed by atoms with Gasteiger partial charge in [0.1, 0.15) is 0 Å². The molecule has 1 N–H and O–H groups in total. The average molecular weight is 293 g/mol. The quantitative estimate of drug-likeness (QED) is 0.879. The SMILES string of the molecule is O=C(CCc1ccccc1)NC1(c2ccccc2)CCCC1. The molecule has 0 heterocycles. The molecular formula is C20H23NO. The highest BCUT2D eigenvalue weighted by atomic mass is 16.1. The van der Waals surface area contributed by atoms with Crippen molar-refractivity contribution in [3.05, 3.63) is 71.8 Å². The van der Waals surface area contributed by atoms with Crippen LogP contribution in [0.5, 0.6) is 0 Å². The molecule has 3 rings (SSSR count). The molecule has 2 heteroatoms. The largest absolute Gasteiger partial charge is 0.347 e. The fourth-order valence-electron chi connectivity index (χ4n) is 3.45. The minimum absolute atomic E-state index is 0.144.